The Morgan fingerprint density at radius 2 is 1.67 bits per heavy atom. The van der Waals surface area contributed by atoms with Gasteiger partial charge >= 0.3 is 0 Å². The predicted molar refractivity (Wildman–Crippen MR) is 108 cm³/mol. The largest absolute Gasteiger partial charge is 0.398 e. The van der Waals surface area contributed by atoms with E-state index >= 15 is 0 Å². The van der Waals surface area contributed by atoms with Crippen molar-refractivity contribution in [1.29, 1.82) is 5.41 Å². The summed E-state index contributed by atoms with van der Waals surface area (Å²) in [5.74, 6) is 0.834. The SMILES string of the molecule is CN1CCNCC1.N=Cc1ccccc1N.SCc1ccccc1. The number of benzene rings is 2. The van der Waals surface area contributed by atoms with Gasteiger partial charge in [0.25, 0.3) is 0 Å². The minimum absolute atomic E-state index is 0.660. The molecule has 0 amide bonds. The molecule has 0 aliphatic carbocycles. The molecule has 1 fully saturated rings. The van der Waals surface area contributed by atoms with Crippen LogP contribution in [-0.4, -0.2) is 44.3 Å². The van der Waals surface area contributed by atoms with Crippen molar-refractivity contribution in [1.82, 2.24) is 10.2 Å². The van der Waals surface area contributed by atoms with Gasteiger partial charge in [0.15, 0.2) is 0 Å². The molecule has 130 valence electrons. The van der Waals surface area contributed by atoms with E-state index in [2.05, 4.69) is 42.0 Å². The summed E-state index contributed by atoms with van der Waals surface area (Å²) in [5.41, 5.74) is 8.19. The van der Waals surface area contributed by atoms with Crippen LogP contribution in [0.25, 0.3) is 0 Å². The number of rotatable bonds is 2. The summed E-state index contributed by atoms with van der Waals surface area (Å²) in [7, 11) is 2.15. The minimum atomic E-state index is 0.660. The molecule has 5 heteroatoms. The number of hydrogen-bond acceptors (Lipinski definition) is 5. The van der Waals surface area contributed by atoms with Gasteiger partial charge < -0.3 is 21.4 Å². The standard InChI is InChI=1S/C7H8N2.C7H8S.C5H12N2/c8-5-6-3-1-2-4-7(6)9;8-6-7-4-2-1-3-5-7;1-7-4-2-6-3-5-7/h1-5,8H,9H2;1-5,8H,6H2;6H,2-5H2,1H3. The van der Waals surface area contributed by atoms with E-state index in [1.807, 2.05) is 36.4 Å². The van der Waals surface area contributed by atoms with Gasteiger partial charge in [0.2, 0.25) is 0 Å². The Hall–Kier alpha value is -1.82. The van der Waals surface area contributed by atoms with Crippen LogP contribution < -0.4 is 11.1 Å². The highest BCUT2D eigenvalue weighted by atomic mass is 32.1. The highest BCUT2D eigenvalue weighted by Gasteiger charge is 2.01. The second-order valence-electron chi connectivity index (χ2n) is 5.47. The Morgan fingerprint density at radius 3 is 2.04 bits per heavy atom. The monoisotopic (exact) mass is 344 g/mol. The maximum atomic E-state index is 6.88. The highest BCUT2D eigenvalue weighted by Crippen LogP contribution is 2.05. The number of likely N-dealkylation sites (N-methyl/N-ethyl adjacent to an activating group) is 1. The second kappa shape index (κ2) is 12.6. The first-order valence-corrected chi connectivity index (χ1v) is 8.69. The third-order valence-corrected chi connectivity index (χ3v) is 3.88. The number of nitrogen functional groups attached to an aromatic ring is 1. The topological polar surface area (TPSA) is 65.1 Å². The van der Waals surface area contributed by atoms with Crippen molar-refractivity contribution in [2.45, 2.75) is 5.75 Å². The van der Waals surface area contributed by atoms with Crippen LogP contribution in [0.2, 0.25) is 0 Å². The molecule has 1 saturated heterocycles. The van der Waals surface area contributed by atoms with Crippen LogP contribution in [-0.2, 0) is 5.75 Å². The van der Waals surface area contributed by atoms with Gasteiger partial charge in [-0.25, -0.2) is 0 Å². The van der Waals surface area contributed by atoms with Gasteiger partial charge in [-0.05, 0) is 18.7 Å². The summed E-state index contributed by atoms with van der Waals surface area (Å²) < 4.78 is 0. The van der Waals surface area contributed by atoms with E-state index in [0.29, 0.717) is 5.69 Å². The number of nitrogens with one attached hydrogen (secondary N) is 2. The van der Waals surface area contributed by atoms with E-state index in [-0.39, 0.29) is 0 Å². The van der Waals surface area contributed by atoms with Gasteiger partial charge in [-0.1, -0.05) is 48.5 Å². The molecular formula is C19H28N4S. The van der Waals surface area contributed by atoms with Gasteiger partial charge in [0, 0.05) is 49.4 Å². The lowest BCUT2D eigenvalue weighted by Gasteiger charge is -2.21. The van der Waals surface area contributed by atoms with E-state index in [4.69, 9.17) is 11.1 Å². The van der Waals surface area contributed by atoms with Crippen molar-refractivity contribution in [2.75, 3.05) is 39.0 Å². The van der Waals surface area contributed by atoms with Gasteiger partial charge in [0.1, 0.15) is 0 Å². The molecule has 3 rings (SSSR count). The average molecular weight is 345 g/mol. The zero-order valence-electron chi connectivity index (χ0n) is 14.3. The molecule has 0 aromatic heterocycles. The Morgan fingerprint density at radius 1 is 1.08 bits per heavy atom. The maximum Gasteiger partial charge on any atom is 0.0402 e. The molecule has 4 N–H and O–H groups in total. The van der Waals surface area contributed by atoms with Gasteiger partial charge in [-0.3, -0.25) is 0 Å². The van der Waals surface area contributed by atoms with E-state index in [9.17, 15) is 0 Å². The van der Waals surface area contributed by atoms with Gasteiger partial charge in [-0.15, -0.1) is 0 Å². The molecule has 1 aliphatic rings. The Bertz CT molecular complexity index is 569. The van der Waals surface area contributed by atoms with Gasteiger partial charge in [-0.2, -0.15) is 12.6 Å². The first-order valence-electron chi connectivity index (χ1n) is 8.06. The van der Waals surface area contributed by atoms with E-state index in [1.54, 1.807) is 6.07 Å². The molecular weight excluding hydrogens is 316 g/mol. The summed E-state index contributed by atoms with van der Waals surface area (Å²) in [4.78, 5) is 2.33. The molecule has 0 unspecified atom stereocenters. The van der Waals surface area contributed by atoms with Crippen LogP contribution >= 0.6 is 12.6 Å². The first kappa shape index (κ1) is 20.2. The van der Waals surface area contributed by atoms with Crippen molar-refractivity contribution < 1.29 is 0 Å². The van der Waals surface area contributed by atoms with Gasteiger partial charge in [0.05, 0.1) is 0 Å². The molecule has 0 bridgehead atoms. The Kier molecular flexibility index (Phi) is 10.6. The Balaban J connectivity index is 0.000000181. The summed E-state index contributed by atoms with van der Waals surface area (Å²) in [6, 6.07) is 17.5. The quantitative estimate of drug-likeness (QED) is 0.385. The van der Waals surface area contributed by atoms with Crippen LogP contribution in [0.3, 0.4) is 0 Å². The fraction of sp³-hybridized carbons (Fsp3) is 0.316. The van der Waals surface area contributed by atoms with Crippen LogP contribution in [0.4, 0.5) is 5.69 Å². The molecule has 0 saturated carbocycles. The average Bonchev–Trinajstić information content (AvgIpc) is 2.64. The molecule has 24 heavy (non-hydrogen) atoms. The molecule has 2 aromatic carbocycles. The Labute approximate surface area is 151 Å². The van der Waals surface area contributed by atoms with Crippen molar-refractivity contribution in [3.63, 3.8) is 0 Å². The van der Waals surface area contributed by atoms with Crippen LogP contribution in [0.5, 0.6) is 0 Å². The van der Waals surface area contributed by atoms with E-state index in [1.165, 1.54) is 24.9 Å². The number of nitrogens with two attached hydrogens (primary N) is 1. The van der Waals surface area contributed by atoms with E-state index in [0.717, 1.165) is 24.4 Å². The third kappa shape index (κ3) is 8.72. The molecule has 0 atom stereocenters. The normalized spacial score (nSPS) is 13.8. The second-order valence-corrected chi connectivity index (χ2v) is 5.79. The third-order valence-electron chi connectivity index (χ3n) is 3.52. The van der Waals surface area contributed by atoms with Crippen molar-refractivity contribution in [3.05, 3.63) is 65.7 Å². The highest BCUT2D eigenvalue weighted by molar-refractivity contribution is 7.79. The number of thiol groups is 1. The molecule has 0 radical (unpaired) electrons. The molecule has 1 aliphatic heterocycles. The molecule has 2 aromatic rings. The lowest BCUT2D eigenvalue weighted by molar-refractivity contribution is 0.291. The van der Waals surface area contributed by atoms with Crippen LogP contribution in [0.1, 0.15) is 11.1 Å². The van der Waals surface area contributed by atoms with E-state index < -0.39 is 0 Å². The van der Waals surface area contributed by atoms with Crippen LogP contribution in [0, 0.1) is 5.41 Å². The smallest absolute Gasteiger partial charge is 0.0402 e. The summed E-state index contributed by atoms with van der Waals surface area (Å²) >= 11 is 4.11. The lowest BCUT2D eigenvalue weighted by Crippen LogP contribution is -2.40. The van der Waals surface area contributed by atoms with Crippen LogP contribution in [0.15, 0.2) is 54.6 Å². The number of piperazine rings is 1. The first-order chi connectivity index (χ1) is 11.7. The summed E-state index contributed by atoms with van der Waals surface area (Å²) in [5, 5.41) is 10.2. The summed E-state index contributed by atoms with van der Waals surface area (Å²) in [6.07, 6.45) is 1.25. The maximum absolute atomic E-state index is 6.88. The number of anilines is 1. The number of hydrogen-bond donors (Lipinski definition) is 4. The minimum Gasteiger partial charge on any atom is -0.398 e. The van der Waals surface area contributed by atoms with Crippen molar-refractivity contribution in [2.24, 2.45) is 0 Å². The zero-order valence-corrected chi connectivity index (χ0v) is 15.2. The molecule has 0 spiro atoms. The number of nitrogens with zero attached hydrogens (tertiary/aromatic N) is 1. The zero-order chi connectivity index (χ0) is 17.6. The molecule has 4 nitrogen and oxygen atoms in total. The van der Waals surface area contributed by atoms with Crippen molar-refractivity contribution in [3.8, 4) is 0 Å². The fourth-order valence-electron chi connectivity index (χ4n) is 2.00. The lowest BCUT2D eigenvalue weighted by atomic mass is 10.2. The predicted octanol–water partition coefficient (Wildman–Crippen LogP) is 2.90. The fourth-order valence-corrected chi connectivity index (χ4v) is 2.21. The van der Waals surface area contributed by atoms with Crippen molar-refractivity contribution >= 4 is 24.5 Å². The summed E-state index contributed by atoms with van der Waals surface area (Å²) in [6.45, 7) is 4.74. The number of para-hydroxylation sites is 1. The molecule has 1 heterocycles.